The summed E-state index contributed by atoms with van der Waals surface area (Å²) in [6.45, 7) is 16.0. The summed E-state index contributed by atoms with van der Waals surface area (Å²) in [5.41, 5.74) is 11.3. The smallest absolute Gasteiger partial charge is 0.307 e. The predicted molar refractivity (Wildman–Crippen MR) is 183 cm³/mol. The number of rotatable bonds is 8. The van der Waals surface area contributed by atoms with Crippen LogP contribution in [0, 0.1) is 25.1 Å². The maximum absolute atomic E-state index is 13.7. The standard InChI is InChI=1S/C37H47FN4O2S/c1-25-19-31(38)8-7-29(25)22-41-12-9-27-20-28(5-6-30(27)23-41)35-33(24-40-15-17-45-18-16-40)39-26(2)32(21-34(43)44)36(35)42-13-10-37(3,4)11-14-42/h5-8,19-20H,9-18,21-24H2,1-4H3,(H,43,44). The minimum absolute atomic E-state index is 0.0234. The molecule has 8 heteroatoms. The monoisotopic (exact) mass is 630 g/mol. The van der Waals surface area contributed by atoms with Gasteiger partial charge in [0.15, 0.2) is 0 Å². The van der Waals surface area contributed by atoms with Crippen LogP contribution >= 0.6 is 11.8 Å². The lowest BCUT2D eigenvalue weighted by molar-refractivity contribution is -0.136. The molecular weight excluding hydrogens is 583 g/mol. The number of hydrogen-bond acceptors (Lipinski definition) is 6. The molecule has 1 aromatic heterocycles. The molecule has 240 valence electrons. The lowest BCUT2D eigenvalue weighted by Gasteiger charge is -2.40. The SMILES string of the molecule is Cc1cc(F)ccc1CN1CCc2cc(-c3c(CN4CCSCC4)nc(C)c(CC(=O)O)c3N3CCC(C)(C)CC3)ccc2C1. The molecule has 0 amide bonds. The molecule has 0 atom stereocenters. The molecular formula is C37H47FN4O2S. The highest BCUT2D eigenvalue weighted by atomic mass is 32.2. The van der Waals surface area contributed by atoms with E-state index in [1.165, 1.54) is 16.7 Å². The number of piperidine rings is 1. The zero-order valence-corrected chi connectivity index (χ0v) is 28.1. The summed E-state index contributed by atoms with van der Waals surface area (Å²) in [4.78, 5) is 24.8. The Morgan fingerprint density at radius 1 is 0.956 bits per heavy atom. The van der Waals surface area contributed by atoms with Crippen LogP contribution in [0.2, 0.25) is 0 Å². The number of carboxylic acids is 1. The molecule has 2 fully saturated rings. The number of pyridine rings is 1. The first-order chi connectivity index (χ1) is 21.6. The largest absolute Gasteiger partial charge is 0.481 e. The van der Waals surface area contributed by atoms with Gasteiger partial charge >= 0.3 is 5.97 Å². The van der Waals surface area contributed by atoms with Gasteiger partial charge < -0.3 is 10.0 Å². The topological polar surface area (TPSA) is 59.9 Å². The first kappa shape index (κ1) is 32.0. The first-order valence-electron chi connectivity index (χ1n) is 16.4. The summed E-state index contributed by atoms with van der Waals surface area (Å²) in [5.74, 6) is 1.27. The van der Waals surface area contributed by atoms with Crippen LogP contribution in [0.15, 0.2) is 36.4 Å². The van der Waals surface area contributed by atoms with Crippen LogP contribution in [0.3, 0.4) is 0 Å². The van der Waals surface area contributed by atoms with Crippen molar-refractivity contribution in [2.75, 3.05) is 49.1 Å². The Balaban J connectivity index is 1.39. The van der Waals surface area contributed by atoms with Crippen LogP contribution < -0.4 is 4.90 Å². The molecule has 6 rings (SSSR count). The van der Waals surface area contributed by atoms with E-state index < -0.39 is 5.97 Å². The number of anilines is 1. The second-order valence-electron chi connectivity index (χ2n) is 14.0. The van der Waals surface area contributed by atoms with Crippen molar-refractivity contribution in [3.8, 4) is 11.1 Å². The second kappa shape index (κ2) is 13.4. The summed E-state index contributed by atoms with van der Waals surface area (Å²) in [7, 11) is 0. The molecule has 3 aliphatic rings. The minimum atomic E-state index is -0.813. The minimum Gasteiger partial charge on any atom is -0.481 e. The zero-order chi connectivity index (χ0) is 31.7. The molecule has 0 spiro atoms. The van der Waals surface area contributed by atoms with Gasteiger partial charge in [-0.05, 0) is 78.5 Å². The highest BCUT2D eigenvalue weighted by Crippen LogP contribution is 2.43. The van der Waals surface area contributed by atoms with E-state index in [2.05, 4.69) is 46.7 Å². The number of hydrogen-bond donors (Lipinski definition) is 1. The number of carboxylic acid groups (broad SMARTS) is 1. The molecule has 3 aromatic rings. The zero-order valence-electron chi connectivity index (χ0n) is 27.3. The van der Waals surface area contributed by atoms with Gasteiger partial charge in [-0.3, -0.25) is 19.6 Å². The number of aliphatic carboxylic acids is 1. The molecule has 6 nitrogen and oxygen atoms in total. The highest BCUT2D eigenvalue weighted by molar-refractivity contribution is 7.99. The van der Waals surface area contributed by atoms with E-state index in [0.717, 1.165) is 122 Å². The van der Waals surface area contributed by atoms with E-state index in [-0.39, 0.29) is 17.7 Å². The number of carbonyl (C=O) groups is 1. The second-order valence-corrected chi connectivity index (χ2v) is 15.2. The Bertz CT molecular complexity index is 1560. The Morgan fingerprint density at radius 2 is 1.71 bits per heavy atom. The van der Waals surface area contributed by atoms with E-state index in [4.69, 9.17) is 4.98 Å². The van der Waals surface area contributed by atoms with Crippen molar-refractivity contribution >= 4 is 23.4 Å². The van der Waals surface area contributed by atoms with Gasteiger partial charge in [0.2, 0.25) is 0 Å². The number of halogens is 1. The third kappa shape index (κ3) is 7.39. The van der Waals surface area contributed by atoms with Gasteiger partial charge in [0, 0.05) is 80.7 Å². The summed E-state index contributed by atoms with van der Waals surface area (Å²) in [6, 6.07) is 12.0. The van der Waals surface area contributed by atoms with Gasteiger partial charge in [-0.15, -0.1) is 0 Å². The Hall–Kier alpha value is -2.94. The van der Waals surface area contributed by atoms with Gasteiger partial charge in [-0.1, -0.05) is 38.1 Å². The van der Waals surface area contributed by atoms with E-state index in [1.807, 2.05) is 31.7 Å². The molecule has 1 N–H and O–H groups in total. The van der Waals surface area contributed by atoms with E-state index in [9.17, 15) is 14.3 Å². The molecule has 0 bridgehead atoms. The van der Waals surface area contributed by atoms with Crippen LogP contribution in [0.1, 0.15) is 65.9 Å². The molecule has 0 unspecified atom stereocenters. The summed E-state index contributed by atoms with van der Waals surface area (Å²) in [5, 5.41) is 10.0. The Morgan fingerprint density at radius 3 is 2.42 bits per heavy atom. The fourth-order valence-corrected chi connectivity index (χ4v) is 8.18. The van der Waals surface area contributed by atoms with Crippen LogP contribution in [0.4, 0.5) is 10.1 Å². The van der Waals surface area contributed by atoms with Gasteiger partial charge in [0.05, 0.1) is 17.8 Å². The lowest BCUT2D eigenvalue weighted by Crippen LogP contribution is -2.39. The average molecular weight is 631 g/mol. The normalized spacial score (nSPS) is 19.0. The van der Waals surface area contributed by atoms with Crippen LogP contribution in [-0.2, 0) is 37.3 Å². The van der Waals surface area contributed by atoms with Gasteiger partial charge in [0.25, 0.3) is 0 Å². The maximum atomic E-state index is 13.7. The fourth-order valence-electron chi connectivity index (χ4n) is 7.20. The number of nitrogens with zero attached hydrogens (tertiary/aromatic N) is 4. The molecule has 0 aliphatic carbocycles. The average Bonchev–Trinajstić information content (AvgIpc) is 3.00. The van der Waals surface area contributed by atoms with Gasteiger partial charge in [-0.2, -0.15) is 11.8 Å². The van der Waals surface area contributed by atoms with Crippen LogP contribution in [0.25, 0.3) is 11.1 Å². The van der Waals surface area contributed by atoms with Crippen molar-refractivity contribution in [1.82, 2.24) is 14.8 Å². The summed E-state index contributed by atoms with van der Waals surface area (Å²) < 4.78 is 13.7. The summed E-state index contributed by atoms with van der Waals surface area (Å²) in [6.07, 6.45) is 3.07. The molecule has 2 aromatic carbocycles. The molecule has 2 saturated heterocycles. The molecule has 45 heavy (non-hydrogen) atoms. The van der Waals surface area contributed by atoms with E-state index >= 15 is 0 Å². The van der Waals surface area contributed by atoms with Crippen molar-refractivity contribution in [2.24, 2.45) is 5.41 Å². The van der Waals surface area contributed by atoms with Crippen molar-refractivity contribution in [2.45, 2.75) is 73.0 Å². The van der Waals surface area contributed by atoms with Crippen molar-refractivity contribution in [3.05, 3.63) is 81.4 Å². The van der Waals surface area contributed by atoms with Gasteiger partial charge in [0.1, 0.15) is 5.82 Å². The van der Waals surface area contributed by atoms with Crippen molar-refractivity contribution < 1.29 is 14.3 Å². The van der Waals surface area contributed by atoms with E-state index in [1.54, 1.807) is 12.1 Å². The quantitative estimate of drug-likeness (QED) is 0.292. The van der Waals surface area contributed by atoms with Gasteiger partial charge in [-0.25, -0.2) is 4.39 Å². The molecule has 0 saturated carbocycles. The number of aryl methyl sites for hydroxylation is 2. The molecule has 0 radical (unpaired) electrons. The molecule has 3 aliphatic heterocycles. The Labute approximate surface area is 272 Å². The third-order valence-corrected chi connectivity index (χ3v) is 11.0. The molecule has 4 heterocycles. The van der Waals surface area contributed by atoms with Crippen LogP contribution in [0.5, 0.6) is 0 Å². The van der Waals surface area contributed by atoms with Crippen molar-refractivity contribution in [1.29, 1.82) is 0 Å². The number of aromatic nitrogens is 1. The van der Waals surface area contributed by atoms with E-state index in [0.29, 0.717) is 0 Å². The van der Waals surface area contributed by atoms with Crippen molar-refractivity contribution in [3.63, 3.8) is 0 Å². The maximum Gasteiger partial charge on any atom is 0.307 e. The summed E-state index contributed by atoms with van der Waals surface area (Å²) >= 11 is 2.01. The van der Waals surface area contributed by atoms with Crippen LogP contribution in [-0.4, -0.2) is 70.1 Å². The fraction of sp³-hybridized carbons (Fsp3) is 0.514. The predicted octanol–water partition coefficient (Wildman–Crippen LogP) is 6.87. The first-order valence-corrected chi connectivity index (χ1v) is 17.6. The number of fused-ring (bicyclic) bond motifs is 1. The number of benzene rings is 2. The highest BCUT2D eigenvalue weighted by Gasteiger charge is 2.32. The third-order valence-electron chi connectivity index (χ3n) is 10.1. The Kier molecular flexibility index (Phi) is 9.55. The lowest BCUT2D eigenvalue weighted by atomic mass is 9.81. The number of thioether (sulfide) groups is 1.